The smallest absolute Gasteiger partial charge is 0.125 e. The minimum Gasteiger partial charge on any atom is -0.493 e. The molecular weight excluding hydrogens is 378 g/mol. The van der Waals surface area contributed by atoms with Gasteiger partial charge in [0.2, 0.25) is 0 Å². The Kier molecular flexibility index (Phi) is 5.41. The Hall–Kier alpha value is -1.99. The summed E-state index contributed by atoms with van der Waals surface area (Å²) < 4.78 is 27.2. The highest BCUT2D eigenvalue weighted by molar-refractivity contribution is 8.25. The number of ether oxygens (including phenoxy) is 1. The molecule has 1 aromatic heterocycles. The lowest BCUT2D eigenvalue weighted by atomic mass is 10.1. The molecule has 1 aliphatic heterocycles. The molecule has 0 saturated heterocycles. The maximum Gasteiger partial charge on any atom is 0.125 e. The first kappa shape index (κ1) is 18.4. The molecule has 2 N–H and O–H groups in total. The van der Waals surface area contributed by atoms with Crippen LogP contribution in [-0.4, -0.2) is 26.4 Å². The number of hydrogen-bond donors (Lipinski definition) is 2. The molecule has 1 unspecified atom stereocenters. The van der Waals surface area contributed by atoms with Crippen molar-refractivity contribution in [2.75, 3.05) is 12.4 Å². The minimum atomic E-state index is -2.79. The summed E-state index contributed by atoms with van der Waals surface area (Å²) in [6.07, 6.45) is 4.35. The Morgan fingerprint density at radius 1 is 1.04 bits per heavy atom. The van der Waals surface area contributed by atoms with Gasteiger partial charge in [-0.3, -0.25) is 14.1 Å². The second kappa shape index (κ2) is 7.94. The summed E-state index contributed by atoms with van der Waals surface area (Å²) in [7, 11) is -2.79. The highest BCUT2D eigenvalue weighted by atomic mass is 32.3. The van der Waals surface area contributed by atoms with Gasteiger partial charge in [0.1, 0.15) is 5.75 Å². The second-order valence-corrected chi connectivity index (χ2v) is 9.76. The van der Waals surface area contributed by atoms with Gasteiger partial charge in [0.15, 0.2) is 0 Å². The van der Waals surface area contributed by atoms with E-state index in [2.05, 4.69) is 4.98 Å². The fourth-order valence-corrected chi connectivity index (χ4v) is 6.80. The van der Waals surface area contributed by atoms with Gasteiger partial charge in [-0.05, 0) is 35.9 Å². The third kappa shape index (κ3) is 4.14. The van der Waals surface area contributed by atoms with Gasteiger partial charge in [-0.15, -0.1) is 11.8 Å². The largest absolute Gasteiger partial charge is 0.493 e. The molecule has 1 aliphatic rings. The molecule has 2 heterocycles. The number of hydrogen-bond acceptors (Lipinski definition) is 5. The van der Waals surface area contributed by atoms with Crippen molar-refractivity contribution in [1.29, 1.82) is 0 Å². The molecule has 140 valence electrons. The number of pyridine rings is 1. The highest BCUT2D eigenvalue weighted by Gasteiger charge is 2.38. The van der Waals surface area contributed by atoms with Gasteiger partial charge < -0.3 is 4.74 Å². The Labute approximate surface area is 165 Å². The molecule has 0 saturated carbocycles. The van der Waals surface area contributed by atoms with Gasteiger partial charge in [-0.1, -0.05) is 30.3 Å². The van der Waals surface area contributed by atoms with Gasteiger partial charge in [0.25, 0.3) is 0 Å². The lowest BCUT2D eigenvalue weighted by Gasteiger charge is -2.27. The summed E-state index contributed by atoms with van der Waals surface area (Å²) >= 11 is 1.65. The number of aromatic nitrogens is 1. The van der Waals surface area contributed by atoms with Crippen LogP contribution in [0.5, 0.6) is 5.75 Å². The van der Waals surface area contributed by atoms with Crippen molar-refractivity contribution >= 4 is 22.4 Å². The summed E-state index contributed by atoms with van der Waals surface area (Å²) in [5, 5.41) is -0.0398. The minimum absolute atomic E-state index is 0.0398. The molecule has 0 aliphatic carbocycles. The molecule has 0 fully saturated rings. The van der Waals surface area contributed by atoms with Gasteiger partial charge >= 0.3 is 0 Å². The molecule has 0 bridgehead atoms. The molecule has 6 heteroatoms. The first-order valence-corrected chi connectivity index (χ1v) is 11.4. The number of thioether (sulfide) groups is 1. The lowest BCUT2D eigenvalue weighted by Crippen LogP contribution is -2.04. The molecule has 27 heavy (non-hydrogen) atoms. The predicted octanol–water partition coefficient (Wildman–Crippen LogP) is 5.66. The van der Waals surface area contributed by atoms with Gasteiger partial charge in [0.05, 0.1) is 22.5 Å². The molecule has 2 aromatic carbocycles. The van der Waals surface area contributed by atoms with Crippen molar-refractivity contribution in [2.24, 2.45) is 0 Å². The van der Waals surface area contributed by atoms with Gasteiger partial charge in [-0.25, -0.2) is 0 Å². The van der Waals surface area contributed by atoms with E-state index in [9.17, 15) is 9.11 Å². The number of nitrogens with zero attached hydrogens (tertiary/aromatic N) is 1. The topological polar surface area (TPSA) is 62.6 Å². The number of rotatable bonds is 6. The van der Waals surface area contributed by atoms with Crippen LogP contribution in [0, 0.1) is 0 Å². The van der Waals surface area contributed by atoms with Crippen LogP contribution in [0.3, 0.4) is 0 Å². The Morgan fingerprint density at radius 2 is 1.89 bits per heavy atom. The van der Waals surface area contributed by atoms with Crippen LogP contribution in [0.25, 0.3) is 0 Å². The van der Waals surface area contributed by atoms with E-state index in [0.29, 0.717) is 17.3 Å². The maximum atomic E-state index is 10.6. The van der Waals surface area contributed by atoms with Crippen LogP contribution < -0.4 is 4.74 Å². The summed E-state index contributed by atoms with van der Waals surface area (Å²) in [6.45, 7) is 0.518. The van der Waals surface area contributed by atoms with Crippen LogP contribution in [-0.2, 0) is 6.42 Å². The molecule has 4 nitrogen and oxygen atoms in total. The van der Waals surface area contributed by atoms with E-state index >= 15 is 0 Å². The van der Waals surface area contributed by atoms with Crippen molar-refractivity contribution in [3.63, 3.8) is 0 Å². The molecule has 0 amide bonds. The van der Waals surface area contributed by atoms with Gasteiger partial charge in [-0.2, -0.15) is 10.6 Å². The molecule has 0 radical (unpaired) electrons. The summed E-state index contributed by atoms with van der Waals surface area (Å²) in [4.78, 5) is 5.85. The zero-order valence-electron chi connectivity index (χ0n) is 14.7. The third-order valence-electron chi connectivity index (χ3n) is 4.48. The SMILES string of the molecule is OS1(O)CC(Sc2ccccc2)c2c(OCCc3cccnc3)cccc21. The highest BCUT2D eigenvalue weighted by Crippen LogP contribution is 2.64. The molecule has 4 rings (SSSR count). The van der Waals surface area contributed by atoms with E-state index < -0.39 is 10.6 Å². The average Bonchev–Trinajstić information content (AvgIpc) is 2.94. The first-order chi connectivity index (χ1) is 13.1. The Bertz CT molecular complexity index is 904. The summed E-state index contributed by atoms with van der Waals surface area (Å²) in [5.41, 5.74) is 2.03. The van der Waals surface area contributed by atoms with Crippen molar-refractivity contribution in [2.45, 2.75) is 21.5 Å². The second-order valence-electron chi connectivity index (χ2n) is 6.38. The lowest BCUT2D eigenvalue weighted by molar-refractivity contribution is 0.318. The summed E-state index contributed by atoms with van der Waals surface area (Å²) in [6, 6.07) is 19.5. The van der Waals surface area contributed by atoms with Crippen LogP contribution in [0.4, 0.5) is 0 Å². The van der Waals surface area contributed by atoms with E-state index in [0.717, 1.165) is 28.2 Å². The van der Waals surface area contributed by atoms with Crippen LogP contribution in [0.2, 0.25) is 0 Å². The normalized spacial score (nSPS) is 18.7. The fraction of sp³-hybridized carbons (Fsp3) is 0.190. The van der Waals surface area contributed by atoms with E-state index in [1.54, 1.807) is 18.0 Å². The van der Waals surface area contributed by atoms with E-state index in [-0.39, 0.29) is 5.25 Å². The monoisotopic (exact) mass is 399 g/mol. The van der Waals surface area contributed by atoms with Crippen molar-refractivity contribution < 1.29 is 13.8 Å². The van der Waals surface area contributed by atoms with Gasteiger partial charge in [0, 0.05) is 29.3 Å². The van der Waals surface area contributed by atoms with E-state index in [1.165, 1.54) is 0 Å². The number of fused-ring (bicyclic) bond motifs is 1. The Morgan fingerprint density at radius 3 is 2.67 bits per heavy atom. The van der Waals surface area contributed by atoms with Crippen molar-refractivity contribution in [3.8, 4) is 5.75 Å². The van der Waals surface area contributed by atoms with Crippen molar-refractivity contribution in [1.82, 2.24) is 4.98 Å². The molecular formula is C21H21NO3S2. The zero-order valence-corrected chi connectivity index (χ0v) is 16.3. The van der Waals surface area contributed by atoms with E-state index in [4.69, 9.17) is 4.74 Å². The quantitative estimate of drug-likeness (QED) is 0.560. The molecule has 0 spiro atoms. The maximum absolute atomic E-state index is 10.6. The fourth-order valence-electron chi connectivity index (χ4n) is 3.22. The van der Waals surface area contributed by atoms with E-state index in [1.807, 2.05) is 66.9 Å². The van der Waals surface area contributed by atoms with Crippen molar-refractivity contribution in [3.05, 3.63) is 84.2 Å². The average molecular weight is 400 g/mol. The van der Waals surface area contributed by atoms with Crippen LogP contribution >= 0.6 is 22.4 Å². The van der Waals surface area contributed by atoms with Crippen LogP contribution in [0.15, 0.2) is 82.8 Å². The molecule has 3 aromatic rings. The van der Waals surface area contributed by atoms with Crippen LogP contribution in [0.1, 0.15) is 16.4 Å². The third-order valence-corrected chi connectivity index (χ3v) is 7.78. The standard InChI is InChI=1S/C21H21NO3S2/c23-27(24)15-19(26-17-7-2-1-3-8-17)21-18(9-4-10-20(21)27)25-13-11-16-6-5-12-22-14-16/h1-10,12,14,19,23-24H,11,13,15H2. The summed E-state index contributed by atoms with van der Waals surface area (Å²) in [5.74, 6) is 1.06. The predicted molar refractivity (Wildman–Crippen MR) is 111 cm³/mol. The number of benzene rings is 2. The first-order valence-electron chi connectivity index (χ1n) is 8.76. The molecule has 1 atom stereocenters. The zero-order chi connectivity index (χ0) is 18.7. The Balaban J connectivity index is 1.56.